The molecule has 2 aliphatic rings. The number of aliphatic imine (C=N–C) groups is 1. The summed E-state index contributed by atoms with van der Waals surface area (Å²) >= 11 is 0. The van der Waals surface area contributed by atoms with Crippen LogP contribution in [0.1, 0.15) is 50.7 Å². The van der Waals surface area contributed by atoms with Crippen molar-refractivity contribution in [1.29, 1.82) is 0 Å². The molecule has 0 atom stereocenters. The minimum absolute atomic E-state index is 0. The zero-order valence-electron chi connectivity index (χ0n) is 19.8. The van der Waals surface area contributed by atoms with Gasteiger partial charge in [0, 0.05) is 40.3 Å². The van der Waals surface area contributed by atoms with Crippen LogP contribution >= 0.6 is 24.0 Å². The molecule has 31 heavy (non-hydrogen) atoms. The van der Waals surface area contributed by atoms with Crippen LogP contribution in [-0.4, -0.2) is 83.5 Å². The zero-order chi connectivity index (χ0) is 21.3. The van der Waals surface area contributed by atoms with Gasteiger partial charge in [-0.3, -0.25) is 4.90 Å². The monoisotopic (exact) mass is 547 g/mol. The molecule has 0 amide bonds. The summed E-state index contributed by atoms with van der Waals surface area (Å²) in [6, 6.07) is 0. The SMILES string of the molecule is Cc1nnc(CN=C(NCCCN2CCOCC2)N(C)CC2CCC(C)CC2)n1C.I. The fraction of sp³-hybridized carbons (Fsp3) is 0.864. The second-order valence-electron chi connectivity index (χ2n) is 9.10. The molecular weight excluding hydrogens is 505 g/mol. The van der Waals surface area contributed by atoms with Crippen molar-refractivity contribution in [3.05, 3.63) is 11.6 Å². The number of morpholine rings is 1. The molecule has 9 heteroatoms. The lowest BCUT2D eigenvalue weighted by molar-refractivity contribution is 0.0375. The first-order chi connectivity index (χ1) is 14.5. The Morgan fingerprint density at radius 2 is 1.90 bits per heavy atom. The molecular formula is C22H42IN7O. The number of halogens is 1. The molecule has 0 unspecified atom stereocenters. The van der Waals surface area contributed by atoms with E-state index in [9.17, 15) is 0 Å². The Morgan fingerprint density at radius 3 is 2.55 bits per heavy atom. The van der Waals surface area contributed by atoms with Crippen molar-refractivity contribution in [2.24, 2.45) is 23.9 Å². The van der Waals surface area contributed by atoms with E-state index < -0.39 is 0 Å². The third kappa shape index (κ3) is 8.49. The van der Waals surface area contributed by atoms with Gasteiger partial charge >= 0.3 is 0 Å². The average molecular weight is 548 g/mol. The van der Waals surface area contributed by atoms with Crippen LogP contribution in [0.3, 0.4) is 0 Å². The van der Waals surface area contributed by atoms with Gasteiger partial charge in [0.05, 0.1) is 13.2 Å². The van der Waals surface area contributed by atoms with E-state index >= 15 is 0 Å². The topological polar surface area (TPSA) is 70.8 Å². The largest absolute Gasteiger partial charge is 0.379 e. The number of rotatable bonds is 8. The number of aryl methyl sites for hydroxylation is 1. The van der Waals surface area contributed by atoms with Crippen LogP contribution in [-0.2, 0) is 18.3 Å². The molecule has 0 radical (unpaired) electrons. The van der Waals surface area contributed by atoms with Gasteiger partial charge in [-0.1, -0.05) is 19.8 Å². The van der Waals surface area contributed by atoms with Gasteiger partial charge < -0.3 is 19.5 Å². The molecule has 0 aromatic carbocycles. The maximum absolute atomic E-state index is 5.44. The van der Waals surface area contributed by atoms with Gasteiger partial charge in [0.2, 0.25) is 0 Å². The van der Waals surface area contributed by atoms with E-state index in [0.29, 0.717) is 6.54 Å². The van der Waals surface area contributed by atoms with Crippen molar-refractivity contribution >= 4 is 29.9 Å². The van der Waals surface area contributed by atoms with E-state index in [2.05, 4.69) is 39.3 Å². The van der Waals surface area contributed by atoms with E-state index in [0.717, 1.165) is 81.8 Å². The molecule has 2 fully saturated rings. The van der Waals surface area contributed by atoms with Gasteiger partial charge in [0.25, 0.3) is 0 Å². The highest BCUT2D eigenvalue weighted by Crippen LogP contribution is 2.28. The van der Waals surface area contributed by atoms with Crippen LogP contribution in [0.2, 0.25) is 0 Å². The fourth-order valence-electron chi connectivity index (χ4n) is 4.36. The second kappa shape index (κ2) is 13.6. The summed E-state index contributed by atoms with van der Waals surface area (Å²) in [6.07, 6.45) is 6.49. The quantitative estimate of drug-likeness (QED) is 0.234. The maximum Gasteiger partial charge on any atom is 0.194 e. The summed E-state index contributed by atoms with van der Waals surface area (Å²) in [5.41, 5.74) is 0. The zero-order valence-corrected chi connectivity index (χ0v) is 22.2. The molecule has 3 rings (SSSR count). The minimum Gasteiger partial charge on any atom is -0.379 e. The van der Waals surface area contributed by atoms with E-state index in [4.69, 9.17) is 9.73 Å². The van der Waals surface area contributed by atoms with Gasteiger partial charge in [0.15, 0.2) is 11.8 Å². The van der Waals surface area contributed by atoms with Crippen molar-refractivity contribution < 1.29 is 4.74 Å². The van der Waals surface area contributed by atoms with Crippen molar-refractivity contribution in [3.63, 3.8) is 0 Å². The summed E-state index contributed by atoms with van der Waals surface area (Å²) in [4.78, 5) is 9.71. The van der Waals surface area contributed by atoms with Crippen molar-refractivity contribution in [3.8, 4) is 0 Å². The number of nitrogens with zero attached hydrogens (tertiary/aromatic N) is 6. The molecule has 1 aromatic rings. The third-order valence-corrected chi connectivity index (χ3v) is 6.62. The van der Waals surface area contributed by atoms with Crippen molar-refractivity contribution in [2.45, 2.75) is 52.5 Å². The van der Waals surface area contributed by atoms with E-state index in [-0.39, 0.29) is 24.0 Å². The lowest BCUT2D eigenvalue weighted by Crippen LogP contribution is -2.43. The van der Waals surface area contributed by atoms with Crippen molar-refractivity contribution in [1.82, 2.24) is 29.9 Å². The van der Waals surface area contributed by atoms with Crippen LogP contribution in [0, 0.1) is 18.8 Å². The number of ether oxygens (including phenoxy) is 1. The number of nitrogens with one attached hydrogen (secondary N) is 1. The molecule has 8 nitrogen and oxygen atoms in total. The number of hydrogen-bond donors (Lipinski definition) is 1. The highest BCUT2D eigenvalue weighted by Gasteiger charge is 2.21. The summed E-state index contributed by atoms with van der Waals surface area (Å²) in [5, 5.41) is 12.0. The summed E-state index contributed by atoms with van der Waals surface area (Å²) in [6.45, 7) is 11.8. The number of guanidine groups is 1. The molecule has 1 aliphatic heterocycles. The second-order valence-corrected chi connectivity index (χ2v) is 9.10. The van der Waals surface area contributed by atoms with Gasteiger partial charge in [-0.25, -0.2) is 4.99 Å². The third-order valence-electron chi connectivity index (χ3n) is 6.62. The average Bonchev–Trinajstić information content (AvgIpc) is 3.07. The summed E-state index contributed by atoms with van der Waals surface area (Å²) in [7, 11) is 4.18. The van der Waals surface area contributed by atoms with Gasteiger partial charge in [0.1, 0.15) is 12.4 Å². The predicted molar refractivity (Wildman–Crippen MR) is 136 cm³/mol. The van der Waals surface area contributed by atoms with Crippen molar-refractivity contribution in [2.75, 3.05) is 53.0 Å². The Hall–Kier alpha value is -0.940. The maximum atomic E-state index is 5.44. The van der Waals surface area contributed by atoms with E-state index in [1.807, 2.05) is 18.5 Å². The summed E-state index contributed by atoms with van der Waals surface area (Å²) in [5.74, 6) is 4.46. The Kier molecular flexibility index (Phi) is 11.5. The fourth-order valence-corrected chi connectivity index (χ4v) is 4.36. The van der Waals surface area contributed by atoms with E-state index in [1.165, 1.54) is 25.7 Å². The molecule has 0 spiro atoms. The van der Waals surface area contributed by atoms with E-state index in [1.54, 1.807) is 0 Å². The normalized spacial score (nSPS) is 22.8. The Labute approximate surface area is 205 Å². The lowest BCUT2D eigenvalue weighted by Gasteiger charge is -2.31. The van der Waals surface area contributed by atoms with Crippen LogP contribution in [0.25, 0.3) is 0 Å². The van der Waals surface area contributed by atoms with Gasteiger partial charge in [-0.05, 0) is 44.6 Å². The Bertz CT molecular complexity index is 667. The molecule has 1 saturated heterocycles. The molecule has 1 aliphatic carbocycles. The molecule has 0 bridgehead atoms. The first-order valence-corrected chi connectivity index (χ1v) is 11.7. The Morgan fingerprint density at radius 1 is 1.19 bits per heavy atom. The smallest absolute Gasteiger partial charge is 0.194 e. The van der Waals surface area contributed by atoms with Crippen LogP contribution in [0.5, 0.6) is 0 Å². The highest BCUT2D eigenvalue weighted by molar-refractivity contribution is 14.0. The van der Waals surface area contributed by atoms with Gasteiger partial charge in [-0.2, -0.15) is 0 Å². The number of aromatic nitrogens is 3. The van der Waals surface area contributed by atoms with Crippen LogP contribution in [0.15, 0.2) is 4.99 Å². The first kappa shape index (κ1) is 26.3. The standard InChI is InChI=1S/C22H41N7O.HI/c1-18-6-8-20(9-7-18)17-27(3)22(24-16-21-26-25-19(2)28(21)4)23-10-5-11-29-12-14-30-15-13-29;/h18,20H,5-17H2,1-4H3,(H,23,24);1H. The summed E-state index contributed by atoms with van der Waals surface area (Å²) < 4.78 is 7.46. The lowest BCUT2D eigenvalue weighted by atomic mass is 9.83. The number of hydrogen-bond acceptors (Lipinski definition) is 5. The van der Waals surface area contributed by atoms with Crippen LogP contribution < -0.4 is 5.32 Å². The molecule has 1 N–H and O–H groups in total. The predicted octanol–water partition coefficient (Wildman–Crippen LogP) is 2.67. The van der Waals surface area contributed by atoms with Gasteiger partial charge in [-0.15, -0.1) is 34.2 Å². The highest BCUT2D eigenvalue weighted by atomic mass is 127. The molecule has 178 valence electrons. The first-order valence-electron chi connectivity index (χ1n) is 11.7. The minimum atomic E-state index is 0. The Balaban J connectivity index is 0.00000341. The molecule has 1 saturated carbocycles. The molecule has 1 aromatic heterocycles. The van der Waals surface area contributed by atoms with Crippen LogP contribution in [0.4, 0.5) is 0 Å². The molecule has 2 heterocycles.